The summed E-state index contributed by atoms with van der Waals surface area (Å²) >= 11 is 1.76. The van der Waals surface area contributed by atoms with Gasteiger partial charge < -0.3 is 15.3 Å². The summed E-state index contributed by atoms with van der Waals surface area (Å²) in [6.45, 7) is 8.38. The number of benzene rings is 2. The van der Waals surface area contributed by atoms with Gasteiger partial charge in [-0.1, -0.05) is 63.9 Å². The third-order valence-electron chi connectivity index (χ3n) is 7.25. The highest BCUT2D eigenvalue weighted by molar-refractivity contribution is 7.99. The minimum Gasteiger partial charge on any atom is -0.392 e. The first kappa shape index (κ1) is 25.3. The average molecular weight is 457 g/mol. The van der Waals surface area contributed by atoms with Gasteiger partial charge >= 0.3 is 0 Å². The molecule has 0 amide bonds. The van der Waals surface area contributed by atoms with Crippen LogP contribution < -0.4 is 0 Å². The van der Waals surface area contributed by atoms with Gasteiger partial charge in [0.05, 0.1) is 19.3 Å². The summed E-state index contributed by atoms with van der Waals surface area (Å²) in [5.41, 5.74) is 5.75. The molecule has 1 saturated carbocycles. The summed E-state index contributed by atoms with van der Waals surface area (Å²) in [4.78, 5) is 1.26. The lowest BCUT2D eigenvalue weighted by Crippen LogP contribution is -2.28. The molecule has 1 aliphatic carbocycles. The van der Waals surface area contributed by atoms with Crippen LogP contribution in [0.25, 0.3) is 0 Å². The zero-order valence-electron chi connectivity index (χ0n) is 20.2. The fourth-order valence-corrected chi connectivity index (χ4v) is 6.10. The molecule has 32 heavy (non-hydrogen) atoms. The van der Waals surface area contributed by atoms with E-state index in [2.05, 4.69) is 58.0 Å². The van der Waals surface area contributed by atoms with Crippen LogP contribution in [0.15, 0.2) is 41.3 Å². The lowest BCUT2D eigenvalue weighted by molar-refractivity contribution is 0.0843. The van der Waals surface area contributed by atoms with Gasteiger partial charge in [-0.3, -0.25) is 0 Å². The first-order valence-electron chi connectivity index (χ1n) is 11.9. The van der Waals surface area contributed by atoms with Crippen molar-refractivity contribution in [2.45, 2.75) is 95.8 Å². The van der Waals surface area contributed by atoms with Gasteiger partial charge in [0, 0.05) is 10.6 Å². The summed E-state index contributed by atoms with van der Waals surface area (Å²) in [6.07, 6.45) is 6.76. The van der Waals surface area contributed by atoms with Crippen molar-refractivity contribution in [3.63, 3.8) is 0 Å². The molecule has 1 atom stereocenters. The molecule has 176 valence electrons. The molecule has 0 aromatic heterocycles. The van der Waals surface area contributed by atoms with Crippen molar-refractivity contribution in [2.75, 3.05) is 5.75 Å². The highest BCUT2D eigenvalue weighted by atomic mass is 32.2. The predicted octanol–water partition coefficient (Wildman–Crippen LogP) is 5.92. The number of aliphatic hydroxyl groups excluding tert-OH is 3. The molecule has 1 unspecified atom stereocenters. The molecule has 0 bridgehead atoms. The fourth-order valence-electron chi connectivity index (χ4n) is 4.81. The van der Waals surface area contributed by atoms with Crippen molar-refractivity contribution in [3.05, 3.63) is 64.2 Å². The van der Waals surface area contributed by atoms with Crippen LogP contribution >= 0.6 is 11.8 Å². The van der Waals surface area contributed by atoms with Crippen molar-refractivity contribution in [1.82, 2.24) is 0 Å². The molecule has 3 rings (SSSR count). The quantitative estimate of drug-likeness (QED) is 0.410. The highest BCUT2D eigenvalue weighted by Gasteiger charge is 2.35. The predicted molar refractivity (Wildman–Crippen MR) is 134 cm³/mol. The van der Waals surface area contributed by atoms with Gasteiger partial charge in [-0.05, 0) is 77.3 Å². The SMILES string of the molecule is Cc1cc(C2(CCc3ccc(CO)c(CO)c3)CCCC2)ccc1SCC(O)C(C)(C)C. The van der Waals surface area contributed by atoms with E-state index in [9.17, 15) is 15.3 Å². The van der Waals surface area contributed by atoms with E-state index in [0.29, 0.717) is 5.75 Å². The smallest absolute Gasteiger partial charge is 0.0685 e. The molecule has 3 N–H and O–H groups in total. The van der Waals surface area contributed by atoms with Crippen LogP contribution in [0, 0.1) is 12.3 Å². The summed E-state index contributed by atoms with van der Waals surface area (Å²) in [5.74, 6) is 0.714. The Morgan fingerprint density at radius 3 is 2.25 bits per heavy atom. The van der Waals surface area contributed by atoms with Crippen LogP contribution in [-0.2, 0) is 25.0 Å². The molecule has 0 aliphatic heterocycles. The van der Waals surface area contributed by atoms with Crippen molar-refractivity contribution in [2.24, 2.45) is 5.41 Å². The van der Waals surface area contributed by atoms with Gasteiger partial charge in [-0.25, -0.2) is 0 Å². The van der Waals surface area contributed by atoms with Crippen molar-refractivity contribution < 1.29 is 15.3 Å². The van der Waals surface area contributed by atoms with Gasteiger partial charge in [0.1, 0.15) is 0 Å². The van der Waals surface area contributed by atoms with Crippen LogP contribution in [0.5, 0.6) is 0 Å². The standard InChI is InChI=1S/C28H40O3S/c1-20-15-24(9-10-25(20)32-19-26(31)27(2,3)4)28(12-5-6-13-28)14-11-21-7-8-22(17-29)23(16-21)18-30/h7-10,15-16,26,29-31H,5-6,11-14,17-19H2,1-4H3. The largest absolute Gasteiger partial charge is 0.392 e. The van der Waals surface area contributed by atoms with Gasteiger partial charge in [0.2, 0.25) is 0 Å². The van der Waals surface area contributed by atoms with Crippen LogP contribution in [0.1, 0.15) is 80.7 Å². The molecule has 4 heteroatoms. The highest BCUT2D eigenvalue weighted by Crippen LogP contribution is 2.45. The van der Waals surface area contributed by atoms with E-state index in [-0.39, 0.29) is 30.1 Å². The Labute approximate surface area is 198 Å². The first-order valence-corrected chi connectivity index (χ1v) is 12.9. The molecule has 3 nitrogen and oxygen atoms in total. The number of rotatable bonds is 9. The van der Waals surface area contributed by atoms with E-state index in [0.717, 1.165) is 24.0 Å². The Hall–Kier alpha value is -1.33. The Morgan fingerprint density at radius 1 is 0.969 bits per heavy atom. The van der Waals surface area contributed by atoms with E-state index in [4.69, 9.17) is 0 Å². The lowest BCUT2D eigenvalue weighted by Gasteiger charge is -2.31. The molecule has 1 aliphatic rings. The number of aryl methyl sites for hydroxylation is 2. The van der Waals surface area contributed by atoms with Gasteiger partial charge in [-0.2, -0.15) is 0 Å². The molecular weight excluding hydrogens is 416 g/mol. The second-order valence-electron chi connectivity index (χ2n) is 10.6. The molecular formula is C28H40O3S. The zero-order valence-corrected chi connectivity index (χ0v) is 21.0. The Bertz CT molecular complexity index is 894. The van der Waals surface area contributed by atoms with Gasteiger partial charge in [0.15, 0.2) is 0 Å². The Balaban J connectivity index is 1.74. The maximum Gasteiger partial charge on any atom is 0.0685 e. The summed E-state index contributed by atoms with van der Waals surface area (Å²) < 4.78 is 0. The molecule has 0 saturated heterocycles. The second kappa shape index (κ2) is 10.7. The average Bonchev–Trinajstić information content (AvgIpc) is 3.26. The first-order chi connectivity index (χ1) is 15.2. The molecule has 2 aromatic carbocycles. The second-order valence-corrected chi connectivity index (χ2v) is 11.6. The van der Waals surface area contributed by atoms with Crippen molar-refractivity contribution in [3.8, 4) is 0 Å². The summed E-state index contributed by atoms with van der Waals surface area (Å²) in [6, 6.07) is 13.1. The van der Waals surface area contributed by atoms with Gasteiger partial charge in [0.25, 0.3) is 0 Å². The number of aliphatic hydroxyl groups is 3. The van der Waals surface area contributed by atoms with Crippen LogP contribution in [0.2, 0.25) is 0 Å². The number of hydrogen-bond acceptors (Lipinski definition) is 4. The topological polar surface area (TPSA) is 60.7 Å². The van der Waals surface area contributed by atoms with Crippen LogP contribution in [0.3, 0.4) is 0 Å². The third kappa shape index (κ3) is 5.96. The third-order valence-corrected chi connectivity index (χ3v) is 8.50. The lowest BCUT2D eigenvalue weighted by atomic mass is 9.74. The zero-order chi connectivity index (χ0) is 23.4. The Kier molecular flexibility index (Phi) is 8.48. The van der Waals surface area contributed by atoms with Crippen LogP contribution in [0.4, 0.5) is 0 Å². The molecule has 0 radical (unpaired) electrons. The fraction of sp³-hybridized carbons (Fsp3) is 0.571. The van der Waals surface area contributed by atoms with E-state index in [1.54, 1.807) is 11.8 Å². The minimum absolute atomic E-state index is 0.0306. The van der Waals surface area contributed by atoms with E-state index >= 15 is 0 Å². The molecule has 1 fully saturated rings. The molecule has 2 aromatic rings. The van der Waals surface area contributed by atoms with E-state index in [1.165, 1.54) is 47.3 Å². The maximum absolute atomic E-state index is 10.4. The minimum atomic E-state index is -0.325. The normalized spacial score (nSPS) is 17.0. The van der Waals surface area contributed by atoms with Crippen molar-refractivity contribution in [1.29, 1.82) is 0 Å². The van der Waals surface area contributed by atoms with Crippen molar-refractivity contribution >= 4 is 11.8 Å². The molecule has 0 heterocycles. The van der Waals surface area contributed by atoms with E-state index < -0.39 is 0 Å². The van der Waals surface area contributed by atoms with Gasteiger partial charge in [-0.15, -0.1) is 11.8 Å². The monoisotopic (exact) mass is 456 g/mol. The van der Waals surface area contributed by atoms with Crippen LogP contribution in [-0.4, -0.2) is 27.2 Å². The summed E-state index contributed by atoms with van der Waals surface area (Å²) in [5, 5.41) is 29.5. The Morgan fingerprint density at radius 2 is 1.66 bits per heavy atom. The maximum atomic E-state index is 10.4. The number of thioether (sulfide) groups is 1. The molecule has 0 spiro atoms. The summed E-state index contributed by atoms with van der Waals surface area (Å²) in [7, 11) is 0. The van der Waals surface area contributed by atoms with E-state index in [1.807, 2.05) is 6.07 Å². The number of hydrogen-bond donors (Lipinski definition) is 3.